The van der Waals surface area contributed by atoms with E-state index in [9.17, 15) is 0 Å². The molecule has 0 saturated carbocycles. The summed E-state index contributed by atoms with van der Waals surface area (Å²) in [6, 6.07) is 13.7. The average molecular weight is 359 g/mol. The van der Waals surface area contributed by atoms with Crippen molar-refractivity contribution < 1.29 is 4.74 Å². The van der Waals surface area contributed by atoms with E-state index < -0.39 is 0 Å². The maximum Gasteiger partial charge on any atom is 0.120 e. The summed E-state index contributed by atoms with van der Waals surface area (Å²) in [6.07, 6.45) is 6.95. The van der Waals surface area contributed by atoms with Crippen LogP contribution in [0, 0.1) is 0 Å². The van der Waals surface area contributed by atoms with E-state index in [2.05, 4.69) is 36.2 Å². The molecule has 0 atom stereocenters. The van der Waals surface area contributed by atoms with Gasteiger partial charge in [-0.2, -0.15) is 5.11 Å². The third-order valence-corrected chi connectivity index (χ3v) is 4.27. The molecule has 2 aromatic rings. The molecule has 0 amide bonds. The summed E-state index contributed by atoms with van der Waals surface area (Å²) in [5, 5.41) is 9.08. The highest BCUT2D eigenvalue weighted by molar-refractivity contribution is 6.33. The third-order valence-electron chi connectivity index (χ3n) is 3.96. The first-order valence-electron chi connectivity index (χ1n) is 9.16. The summed E-state index contributed by atoms with van der Waals surface area (Å²) in [5.74, 6) is 0.778. The Kier molecular flexibility index (Phi) is 8.47. The highest BCUT2D eigenvalue weighted by Gasteiger charge is 2.02. The van der Waals surface area contributed by atoms with Crippen LogP contribution in [0.5, 0.6) is 5.75 Å². The van der Waals surface area contributed by atoms with Crippen LogP contribution in [0.1, 0.15) is 51.5 Å². The van der Waals surface area contributed by atoms with Crippen LogP contribution in [0.25, 0.3) is 0 Å². The second-order valence-corrected chi connectivity index (χ2v) is 6.55. The first kappa shape index (κ1) is 19.5. The van der Waals surface area contributed by atoms with Gasteiger partial charge in [0.15, 0.2) is 0 Å². The lowest BCUT2D eigenvalue weighted by Crippen LogP contribution is -1.96. The lowest BCUT2D eigenvalue weighted by molar-refractivity contribution is 0.306. The summed E-state index contributed by atoms with van der Waals surface area (Å²) in [7, 11) is 0. The molecular weight excluding hydrogens is 332 g/mol. The Morgan fingerprint density at radius 1 is 0.880 bits per heavy atom. The van der Waals surface area contributed by atoms with E-state index >= 15 is 0 Å². The number of halogens is 1. The fourth-order valence-corrected chi connectivity index (χ4v) is 2.63. The van der Waals surface area contributed by atoms with Crippen molar-refractivity contribution in [3.8, 4) is 5.75 Å². The van der Waals surface area contributed by atoms with Crippen LogP contribution in [0.4, 0.5) is 11.4 Å². The van der Waals surface area contributed by atoms with Crippen molar-refractivity contribution in [1.29, 1.82) is 0 Å². The van der Waals surface area contributed by atoms with Gasteiger partial charge in [-0.1, -0.05) is 56.8 Å². The zero-order chi connectivity index (χ0) is 17.9. The average Bonchev–Trinajstić information content (AvgIpc) is 2.64. The maximum absolute atomic E-state index is 6.28. The predicted octanol–water partition coefficient (Wildman–Crippen LogP) is 7.67. The van der Waals surface area contributed by atoms with E-state index in [0.29, 0.717) is 10.7 Å². The molecular formula is C21H27ClN2O. The van der Waals surface area contributed by atoms with Crippen LogP contribution in [0.3, 0.4) is 0 Å². The van der Waals surface area contributed by atoms with Crippen LogP contribution in [-0.2, 0) is 6.42 Å². The first-order chi connectivity index (χ1) is 12.2. The Morgan fingerprint density at radius 3 is 2.32 bits per heavy atom. The van der Waals surface area contributed by atoms with Gasteiger partial charge in [0, 0.05) is 6.07 Å². The smallest absolute Gasteiger partial charge is 0.120 e. The largest absolute Gasteiger partial charge is 0.494 e. The summed E-state index contributed by atoms with van der Waals surface area (Å²) in [4.78, 5) is 0. The molecule has 4 heteroatoms. The predicted molar refractivity (Wildman–Crippen MR) is 106 cm³/mol. The van der Waals surface area contributed by atoms with Crippen molar-refractivity contribution in [3.63, 3.8) is 0 Å². The highest BCUT2D eigenvalue weighted by atomic mass is 35.5. The molecule has 2 rings (SSSR count). The molecule has 0 radical (unpaired) electrons. The molecule has 0 saturated heterocycles. The van der Waals surface area contributed by atoms with E-state index in [0.717, 1.165) is 30.9 Å². The topological polar surface area (TPSA) is 34.0 Å². The molecule has 0 aliphatic carbocycles. The van der Waals surface area contributed by atoms with Gasteiger partial charge in [0.05, 0.1) is 17.3 Å². The van der Waals surface area contributed by atoms with E-state index in [1.807, 2.05) is 24.3 Å². The minimum absolute atomic E-state index is 0.552. The molecule has 0 aliphatic rings. The summed E-state index contributed by atoms with van der Waals surface area (Å²) in [6.45, 7) is 5.10. The molecule has 0 heterocycles. The third kappa shape index (κ3) is 6.87. The van der Waals surface area contributed by atoms with Gasteiger partial charge in [0.2, 0.25) is 0 Å². The van der Waals surface area contributed by atoms with Gasteiger partial charge < -0.3 is 4.74 Å². The van der Waals surface area contributed by atoms with Crippen LogP contribution in [-0.4, -0.2) is 6.61 Å². The van der Waals surface area contributed by atoms with Crippen molar-refractivity contribution in [3.05, 3.63) is 53.1 Å². The first-order valence-corrected chi connectivity index (χ1v) is 9.53. The van der Waals surface area contributed by atoms with E-state index in [-0.39, 0.29) is 0 Å². The van der Waals surface area contributed by atoms with Crippen molar-refractivity contribution in [2.75, 3.05) is 6.61 Å². The zero-order valence-electron chi connectivity index (χ0n) is 15.2. The van der Waals surface area contributed by atoms with Gasteiger partial charge >= 0.3 is 0 Å². The number of unbranched alkanes of at least 4 members (excludes halogenated alkanes) is 3. The minimum Gasteiger partial charge on any atom is -0.494 e. The van der Waals surface area contributed by atoms with Crippen molar-refractivity contribution >= 4 is 23.0 Å². The van der Waals surface area contributed by atoms with Crippen LogP contribution < -0.4 is 4.74 Å². The maximum atomic E-state index is 6.28. The summed E-state index contributed by atoms with van der Waals surface area (Å²) < 4.78 is 5.70. The molecule has 2 aromatic carbocycles. The second kappa shape index (κ2) is 10.9. The number of benzene rings is 2. The summed E-state index contributed by atoms with van der Waals surface area (Å²) in [5.41, 5.74) is 2.82. The lowest BCUT2D eigenvalue weighted by atomic mass is 10.1. The lowest BCUT2D eigenvalue weighted by Gasteiger charge is -2.06. The van der Waals surface area contributed by atoms with Gasteiger partial charge in [-0.15, -0.1) is 5.11 Å². The van der Waals surface area contributed by atoms with Crippen molar-refractivity contribution in [2.45, 2.75) is 52.4 Å². The molecule has 0 aromatic heterocycles. The minimum atomic E-state index is 0.552. The molecule has 0 fully saturated rings. The number of hydrogen-bond acceptors (Lipinski definition) is 3. The molecule has 0 bridgehead atoms. The van der Waals surface area contributed by atoms with E-state index in [4.69, 9.17) is 16.3 Å². The standard InChI is InChI=1S/C21H27ClN2O/c1-3-5-7-15-25-19-13-14-21(20(22)16-19)24-23-18-11-9-17(10-12-18)8-6-4-2/h9-14,16H,3-8,15H2,1-2H3. The Morgan fingerprint density at radius 2 is 1.64 bits per heavy atom. The highest BCUT2D eigenvalue weighted by Crippen LogP contribution is 2.30. The SMILES string of the molecule is CCCCCOc1ccc(N=Nc2ccc(CCCC)cc2)c(Cl)c1. The Hall–Kier alpha value is -1.87. The summed E-state index contributed by atoms with van der Waals surface area (Å²) >= 11 is 6.28. The quantitative estimate of drug-likeness (QED) is 0.317. The van der Waals surface area contributed by atoms with E-state index in [1.165, 1.54) is 31.2 Å². The van der Waals surface area contributed by atoms with Gasteiger partial charge in [-0.05, 0) is 49.1 Å². The molecule has 0 spiro atoms. The number of nitrogens with zero attached hydrogens (tertiary/aromatic N) is 2. The second-order valence-electron chi connectivity index (χ2n) is 6.14. The number of hydrogen-bond donors (Lipinski definition) is 0. The molecule has 25 heavy (non-hydrogen) atoms. The fraction of sp³-hybridized carbons (Fsp3) is 0.429. The van der Waals surface area contributed by atoms with Crippen LogP contribution in [0.15, 0.2) is 52.7 Å². The van der Waals surface area contributed by atoms with Crippen LogP contribution in [0.2, 0.25) is 5.02 Å². The van der Waals surface area contributed by atoms with Gasteiger partial charge in [-0.25, -0.2) is 0 Å². The fourth-order valence-electron chi connectivity index (χ4n) is 2.42. The van der Waals surface area contributed by atoms with Crippen LogP contribution >= 0.6 is 11.6 Å². The monoisotopic (exact) mass is 358 g/mol. The van der Waals surface area contributed by atoms with E-state index in [1.54, 1.807) is 6.07 Å². The van der Waals surface area contributed by atoms with Gasteiger partial charge in [0.25, 0.3) is 0 Å². The van der Waals surface area contributed by atoms with Crippen molar-refractivity contribution in [1.82, 2.24) is 0 Å². The Bertz CT molecular complexity index is 668. The molecule has 0 unspecified atom stereocenters. The van der Waals surface area contributed by atoms with Gasteiger partial charge in [-0.3, -0.25) is 0 Å². The molecule has 0 aliphatic heterocycles. The number of aryl methyl sites for hydroxylation is 1. The number of azo groups is 1. The number of ether oxygens (including phenoxy) is 1. The molecule has 0 N–H and O–H groups in total. The zero-order valence-corrected chi connectivity index (χ0v) is 15.9. The Balaban J connectivity index is 1.93. The number of rotatable bonds is 10. The molecule has 134 valence electrons. The Labute approximate surface area is 156 Å². The normalized spacial score (nSPS) is 11.2. The van der Waals surface area contributed by atoms with Gasteiger partial charge in [0.1, 0.15) is 11.4 Å². The molecule has 3 nitrogen and oxygen atoms in total. The van der Waals surface area contributed by atoms with Crippen molar-refractivity contribution in [2.24, 2.45) is 10.2 Å².